The van der Waals surface area contributed by atoms with E-state index in [-0.39, 0.29) is 12.4 Å². The molecule has 0 aromatic carbocycles. The van der Waals surface area contributed by atoms with Gasteiger partial charge in [0.1, 0.15) is 11.3 Å². The fourth-order valence-electron chi connectivity index (χ4n) is 1.82. The number of ether oxygens (including phenoxy) is 1. The predicted octanol–water partition coefficient (Wildman–Crippen LogP) is 0.728. The Hall–Kier alpha value is -1.38. The molecule has 0 radical (unpaired) electrons. The summed E-state index contributed by atoms with van der Waals surface area (Å²) >= 11 is 5.87. The standard InChI is InChI=1S/C11H15ClN4O3S/c1-19-10-4-3-8-11(15-10)16(9(7-12)14-8)6-5-13-20(2,17)18/h3-4,13H,5-7H2,1-2H3. The van der Waals surface area contributed by atoms with Crippen molar-refractivity contribution in [3.8, 4) is 5.88 Å². The van der Waals surface area contributed by atoms with E-state index < -0.39 is 10.0 Å². The van der Waals surface area contributed by atoms with Crippen LogP contribution in [0.2, 0.25) is 0 Å². The number of pyridine rings is 1. The van der Waals surface area contributed by atoms with Crippen molar-refractivity contribution in [3.63, 3.8) is 0 Å². The number of imidazole rings is 1. The van der Waals surface area contributed by atoms with E-state index in [1.54, 1.807) is 16.7 Å². The van der Waals surface area contributed by atoms with Gasteiger partial charge in [-0.05, 0) is 6.07 Å². The van der Waals surface area contributed by atoms with E-state index in [1.807, 2.05) is 0 Å². The van der Waals surface area contributed by atoms with E-state index in [9.17, 15) is 8.42 Å². The Labute approximate surface area is 122 Å². The topological polar surface area (TPSA) is 86.1 Å². The first kappa shape index (κ1) is 15.0. The Bertz CT molecular complexity index is 714. The zero-order valence-electron chi connectivity index (χ0n) is 11.1. The van der Waals surface area contributed by atoms with Crippen LogP contribution in [0, 0.1) is 0 Å². The van der Waals surface area contributed by atoms with Gasteiger partial charge < -0.3 is 9.30 Å². The minimum absolute atomic E-state index is 0.220. The minimum atomic E-state index is -3.22. The molecule has 2 aromatic heterocycles. The number of nitrogens with one attached hydrogen (secondary N) is 1. The van der Waals surface area contributed by atoms with Gasteiger partial charge in [0, 0.05) is 19.2 Å². The van der Waals surface area contributed by atoms with Crippen molar-refractivity contribution in [1.82, 2.24) is 19.3 Å². The molecule has 0 aliphatic heterocycles. The molecule has 0 saturated carbocycles. The maximum Gasteiger partial charge on any atom is 0.215 e. The normalized spacial score (nSPS) is 11.9. The molecular formula is C11H15ClN4O3S. The summed E-state index contributed by atoms with van der Waals surface area (Å²) in [6.45, 7) is 0.638. The average molecular weight is 319 g/mol. The third kappa shape index (κ3) is 3.38. The van der Waals surface area contributed by atoms with E-state index in [2.05, 4.69) is 14.7 Å². The molecule has 0 bridgehead atoms. The van der Waals surface area contributed by atoms with Gasteiger partial charge in [0.15, 0.2) is 5.65 Å². The molecular weight excluding hydrogens is 304 g/mol. The predicted molar refractivity (Wildman–Crippen MR) is 76.5 cm³/mol. The summed E-state index contributed by atoms with van der Waals surface area (Å²) < 4.78 is 31.5. The molecule has 0 unspecified atom stereocenters. The molecule has 0 spiro atoms. The SMILES string of the molecule is COc1ccc2nc(CCl)n(CCNS(C)(=O)=O)c2n1. The average Bonchev–Trinajstić information content (AvgIpc) is 2.74. The van der Waals surface area contributed by atoms with Crippen LogP contribution in [0.4, 0.5) is 0 Å². The number of aromatic nitrogens is 3. The lowest BCUT2D eigenvalue weighted by Gasteiger charge is -2.08. The Morgan fingerprint density at radius 1 is 1.40 bits per heavy atom. The second kappa shape index (κ2) is 5.94. The quantitative estimate of drug-likeness (QED) is 0.793. The second-order valence-electron chi connectivity index (χ2n) is 4.18. The van der Waals surface area contributed by atoms with Crippen LogP contribution >= 0.6 is 11.6 Å². The van der Waals surface area contributed by atoms with Crippen molar-refractivity contribution in [2.24, 2.45) is 0 Å². The smallest absolute Gasteiger partial charge is 0.215 e. The van der Waals surface area contributed by atoms with Gasteiger partial charge in [0.2, 0.25) is 15.9 Å². The highest BCUT2D eigenvalue weighted by Gasteiger charge is 2.12. The zero-order valence-corrected chi connectivity index (χ0v) is 12.7. The van der Waals surface area contributed by atoms with Crippen LogP contribution in [0.15, 0.2) is 12.1 Å². The third-order valence-electron chi connectivity index (χ3n) is 2.67. The molecule has 0 fully saturated rings. The van der Waals surface area contributed by atoms with Crippen LogP contribution in [-0.2, 0) is 22.4 Å². The van der Waals surface area contributed by atoms with Crippen molar-refractivity contribution in [2.75, 3.05) is 19.9 Å². The highest BCUT2D eigenvalue weighted by atomic mass is 35.5. The number of fused-ring (bicyclic) bond motifs is 1. The molecule has 20 heavy (non-hydrogen) atoms. The summed E-state index contributed by atoms with van der Waals surface area (Å²) in [7, 11) is -1.69. The van der Waals surface area contributed by atoms with Gasteiger partial charge in [0.25, 0.3) is 0 Å². The molecule has 1 N–H and O–H groups in total. The molecule has 0 atom stereocenters. The van der Waals surface area contributed by atoms with Crippen molar-refractivity contribution in [1.29, 1.82) is 0 Å². The van der Waals surface area contributed by atoms with Gasteiger partial charge >= 0.3 is 0 Å². The number of alkyl halides is 1. The maximum absolute atomic E-state index is 11.1. The third-order valence-corrected chi connectivity index (χ3v) is 3.64. The summed E-state index contributed by atoms with van der Waals surface area (Å²) in [5.41, 5.74) is 1.32. The lowest BCUT2D eigenvalue weighted by molar-refractivity contribution is 0.399. The highest BCUT2D eigenvalue weighted by molar-refractivity contribution is 7.88. The molecule has 7 nitrogen and oxygen atoms in total. The molecule has 2 heterocycles. The first-order chi connectivity index (χ1) is 9.44. The monoisotopic (exact) mass is 318 g/mol. The molecule has 0 saturated heterocycles. The van der Waals surface area contributed by atoms with Crippen molar-refractivity contribution in [2.45, 2.75) is 12.4 Å². The number of hydrogen-bond donors (Lipinski definition) is 1. The molecule has 2 aromatic rings. The van der Waals surface area contributed by atoms with Gasteiger partial charge in [-0.2, -0.15) is 4.98 Å². The zero-order chi connectivity index (χ0) is 14.8. The van der Waals surface area contributed by atoms with Gasteiger partial charge in [-0.1, -0.05) is 0 Å². The first-order valence-corrected chi connectivity index (χ1v) is 8.28. The van der Waals surface area contributed by atoms with Crippen molar-refractivity contribution >= 4 is 32.8 Å². The molecule has 0 aliphatic carbocycles. The van der Waals surface area contributed by atoms with E-state index >= 15 is 0 Å². The maximum atomic E-state index is 11.1. The van der Waals surface area contributed by atoms with E-state index in [1.165, 1.54) is 7.11 Å². The van der Waals surface area contributed by atoms with Crippen LogP contribution in [0.1, 0.15) is 5.82 Å². The van der Waals surface area contributed by atoms with Crippen LogP contribution in [0.3, 0.4) is 0 Å². The summed E-state index contributed by atoms with van der Waals surface area (Å²) in [4.78, 5) is 8.68. The largest absolute Gasteiger partial charge is 0.481 e. The Morgan fingerprint density at radius 3 is 2.75 bits per heavy atom. The molecule has 9 heteroatoms. The van der Waals surface area contributed by atoms with Crippen LogP contribution in [0.25, 0.3) is 11.2 Å². The Morgan fingerprint density at radius 2 is 2.15 bits per heavy atom. The van der Waals surface area contributed by atoms with Gasteiger partial charge in [-0.3, -0.25) is 0 Å². The van der Waals surface area contributed by atoms with Crippen LogP contribution < -0.4 is 9.46 Å². The van der Waals surface area contributed by atoms with Crippen LogP contribution in [0.5, 0.6) is 5.88 Å². The summed E-state index contributed by atoms with van der Waals surface area (Å²) in [5, 5.41) is 0. The molecule has 2 rings (SSSR count). The van der Waals surface area contributed by atoms with Gasteiger partial charge in [-0.25, -0.2) is 18.1 Å². The number of methoxy groups -OCH3 is 1. The van der Waals surface area contributed by atoms with Gasteiger partial charge in [-0.15, -0.1) is 11.6 Å². The lowest BCUT2D eigenvalue weighted by Crippen LogP contribution is -2.26. The first-order valence-electron chi connectivity index (χ1n) is 5.85. The van der Waals surface area contributed by atoms with Crippen LogP contribution in [-0.4, -0.2) is 42.9 Å². The Kier molecular flexibility index (Phi) is 4.46. The number of nitrogens with zero attached hydrogens (tertiary/aromatic N) is 3. The summed E-state index contributed by atoms with van der Waals surface area (Å²) in [6.07, 6.45) is 1.11. The number of hydrogen-bond acceptors (Lipinski definition) is 5. The van der Waals surface area contributed by atoms with E-state index in [0.29, 0.717) is 29.4 Å². The molecule has 0 aliphatic rings. The fourth-order valence-corrected chi connectivity index (χ4v) is 2.49. The number of halogens is 1. The minimum Gasteiger partial charge on any atom is -0.481 e. The highest BCUT2D eigenvalue weighted by Crippen LogP contribution is 2.18. The van der Waals surface area contributed by atoms with E-state index in [4.69, 9.17) is 16.3 Å². The van der Waals surface area contributed by atoms with Gasteiger partial charge in [0.05, 0.1) is 19.2 Å². The summed E-state index contributed by atoms with van der Waals surface area (Å²) in [5.74, 6) is 1.32. The second-order valence-corrected chi connectivity index (χ2v) is 6.28. The Balaban J connectivity index is 2.33. The molecule has 110 valence electrons. The number of rotatable bonds is 6. The lowest BCUT2D eigenvalue weighted by atomic mass is 10.4. The number of sulfonamides is 1. The van der Waals surface area contributed by atoms with E-state index in [0.717, 1.165) is 6.26 Å². The van der Waals surface area contributed by atoms with Crippen molar-refractivity contribution in [3.05, 3.63) is 18.0 Å². The fraction of sp³-hybridized carbons (Fsp3) is 0.455. The van der Waals surface area contributed by atoms with Crippen molar-refractivity contribution < 1.29 is 13.2 Å². The summed E-state index contributed by atoms with van der Waals surface area (Å²) in [6, 6.07) is 3.50. The molecule has 0 amide bonds.